The van der Waals surface area contributed by atoms with Gasteiger partial charge in [0, 0.05) is 13.0 Å². The number of nitrogens with zero attached hydrogens (tertiary/aromatic N) is 2. The van der Waals surface area contributed by atoms with Crippen LogP contribution in [-0.4, -0.2) is 48.2 Å². The predicted molar refractivity (Wildman–Crippen MR) is 71.1 cm³/mol. The van der Waals surface area contributed by atoms with Gasteiger partial charge in [0.15, 0.2) is 0 Å². The highest BCUT2D eigenvalue weighted by molar-refractivity contribution is 7.10. The van der Waals surface area contributed by atoms with Gasteiger partial charge >= 0.3 is 0 Å². The summed E-state index contributed by atoms with van der Waals surface area (Å²) in [6.45, 7) is 0.599. The quantitative estimate of drug-likeness (QED) is 0.394. The lowest BCUT2D eigenvalue weighted by molar-refractivity contribution is -0.132. The lowest BCUT2D eigenvalue weighted by Gasteiger charge is -2.24. The Morgan fingerprint density at radius 1 is 1.74 bits per heavy atom. The van der Waals surface area contributed by atoms with Crippen molar-refractivity contribution in [3.8, 4) is 0 Å². The van der Waals surface area contributed by atoms with Gasteiger partial charge in [-0.15, -0.1) is 11.3 Å². The van der Waals surface area contributed by atoms with E-state index in [9.17, 15) is 9.59 Å². The monoisotopic (exact) mass is 281 g/mol. The van der Waals surface area contributed by atoms with Gasteiger partial charge in [0.2, 0.25) is 12.3 Å². The van der Waals surface area contributed by atoms with Crippen LogP contribution in [0.3, 0.4) is 0 Å². The summed E-state index contributed by atoms with van der Waals surface area (Å²) in [4.78, 5) is 29.5. The molecule has 0 fully saturated rings. The Labute approximate surface area is 114 Å². The van der Waals surface area contributed by atoms with Gasteiger partial charge in [0.1, 0.15) is 11.9 Å². The van der Waals surface area contributed by atoms with Crippen LogP contribution in [0.5, 0.6) is 0 Å². The average molecular weight is 281 g/mol. The van der Waals surface area contributed by atoms with Crippen molar-refractivity contribution in [3.63, 3.8) is 0 Å². The maximum absolute atomic E-state index is 12.4. The van der Waals surface area contributed by atoms with Crippen LogP contribution in [0.15, 0.2) is 5.51 Å². The zero-order valence-electron chi connectivity index (χ0n) is 10.5. The lowest BCUT2D eigenvalue weighted by atomic mass is 10.2. The smallest absolute Gasteiger partial charge is 0.245 e. The zero-order chi connectivity index (χ0) is 13.8. The molecule has 1 aromatic heterocycles. The zero-order valence-corrected chi connectivity index (χ0v) is 11.3. The average Bonchev–Trinajstić information content (AvgIpc) is 2.79. The van der Waals surface area contributed by atoms with Crippen LogP contribution in [0.4, 0.5) is 0 Å². The number of rotatable bonds is 4. The summed E-state index contributed by atoms with van der Waals surface area (Å²) in [6, 6.07) is -0.422. The molecule has 2 amide bonds. The standard InChI is InChI=1S/C11H15N5O2S/c1-13-9-10-7(15-6-19-10)2-3-16(11(9)18)4-8(12)14-5-17/h5-6,9,13H,2-4H2,1H3,(H2,12,14,17). The van der Waals surface area contributed by atoms with Crippen LogP contribution < -0.4 is 10.6 Å². The maximum atomic E-state index is 12.4. The fourth-order valence-corrected chi connectivity index (χ4v) is 3.00. The van der Waals surface area contributed by atoms with Crippen molar-refractivity contribution in [1.82, 2.24) is 20.5 Å². The highest BCUT2D eigenvalue weighted by atomic mass is 32.1. The highest BCUT2D eigenvalue weighted by Crippen LogP contribution is 2.27. The van der Waals surface area contributed by atoms with Gasteiger partial charge in [-0.1, -0.05) is 0 Å². The van der Waals surface area contributed by atoms with Crippen molar-refractivity contribution in [2.24, 2.45) is 0 Å². The first kappa shape index (κ1) is 13.6. The first-order valence-electron chi connectivity index (χ1n) is 5.83. The molecule has 0 spiro atoms. The minimum atomic E-state index is -0.422. The third-order valence-electron chi connectivity index (χ3n) is 2.98. The van der Waals surface area contributed by atoms with Gasteiger partial charge in [-0.3, -0.25) is 15.0 Å². The number of thiazole rings is 1. The van der Waals surface area contributed by atoms with Crippen molar-refractivity contribution >= 4 is 29.5 Å². The van der Waals surface area contributed by atoms with Crippen LogP contribution in [0.1, 0.15) is 16.6 Å². The van der Waals surface area contributed by atoms with Gasteiger partial charge in [0.05, 0.1) is 22.6 Å². The molecule has 0 aliphatic carbocycles. The van der Waals surface area contributed by atoms with Crippen molar-refractivity contribution < 1.29 is 9.59 Å². The largest absolute Gasteiger partial charge is 0.333 e. The van der Waals surface area contributed by atoms with Crippen LogP contribution in [0, 0.1) is 5.41 Å². The van der Waals surface area contributed by atoms with E-state index in [1.807, 2.05) is 0 Å². The van der Waals surface area contributed by atoms with E-state index >= 15 is 0 Å². The SMILES string of the molecule is CNC1C(=O)N(CC(=N)NC=O)CCc2ncsc21. The molecule has 1 unspecified atom stereocenters. The van der Waals surface area contributed by atoms with E-state index in [1.54, 1.807) is 17.5 Å². The molecule has 1 aliphatic rings. The number of carbonyl (C=O) groups excluding carboxylic acids is 2. The molecule has 2 heterocycles. The van der Waals surface area contributed by atoms with Gasteiger partial charge in [-0.2, -0.15) is 0 Å². The van der Waals surface area contributed by atoms with E-state index in [0.29, 0.717) is 19.4 Å². The normalized spacial score (nSPS) is 18.7. The Hall–Kier alpha value is -1.80. The van der Waals surface area contributed by atoms with Crippen molar-refractivity contribution in [2.45, 2.75) is 12.5 Å². The van der Waals surface area contributed by atoms with Crippen LogP contribution in [-0.2, 0) is 16.0 Å². The first-order valence-corrected chi connectivity index (χ1v) is 6.71. The Bertz CT molecular complexity index is 501. The number of fused-ring (bicyclic) bond motifs is 1. The number of hydrogen-bond donors (Lipinski definition) is 3. The molecular formula is C11H15N5O2S. The second-order valence-corrected chi connectivity index (χ2v) is 5.02. The topological polar surface area (TPSA) is 98.2 Å². The molecule has 8 heteroatoms. The third-order valence-corrected chi connectivity index (χ3v) is 3.92. The number of aromatic nitrogens is 1. The Morgan fingerprint density at radius 2 is 2.53 bits per heavy atom. The first-order chi connectivity index (χ1) is 9.17. The fourth-order valence-electron chi connectivity index (χ4n) is 2.07. The number of hydrogen-bond acceptors (Lipinski definition) is 6. The summed E-state index contributed by atoms with van der Waals surface area (Å²) in [6.07, 6.45) is 1.11. The fraction of sp³-hybridized carbons (Fsp3) is 0.455. The van der Waals surface area contributed by atoms with E-state index in [0.717, 1.165) is 10.6 Å². The summed E-state index contributed by atoms with van der Waals surface area (Å²) in [7, 11) is 1.73. The molecule has 1 aromatic rings. The second kappa shape index (κ2) is 5.89. The van der Waals surface area contributed by atoms with Crippen LogP contribution >= 0.6 is 11.3 Å². The van der Waals surface area contributed by atoms with Gasteiger partial charge in [-0.05, 0) is 7.05 Å². The maximum Gasteiger partial charge on any atom is 0.245 e. The molecule has 0 saturated carbocycles. The predicted octanol–water partition coefficient (Wildman–Crippen LogP) is -0.488. The van der Waals surface area contributed by atoms with E-state index in [4.69, 9.17) is 5.41 Å². The van der Waals surface area contributed by atoms with Gasteiger partial charge in [0.25, 0.3) is 0 Å². The number of carbonyl (C=O) groups is 2. The molecule has 7 nitrogen and oxygen atoms in total. The lowest BCUT2D eigenvalue weighted by Crippen LogP contribution is -2.44. The molecule has 2 rings (SSSR count). The van der Waals surface area contributed by atoms with E-state index in [2.05, 4.69) is 15.6 Å². The summed E-state index contributed by atoms with van der Waals surface area (Å²) in [5.41, 5.74) is 2.67. The minimum Gasteiger partial charge on any atom is -0.333 e. The summed E-state index contributed by atoms with van der Waals surface area (Å²) in [5.74, 6) is -0.0839. The van der Waals surface area contributed by atoms with Crippen LogP contribution in [0.2, 0.25) is 0 Å². The number of likely N-dealkylation sites (N-methyl/N-ethyl adjacent to an activating group) is 1. The molecule has 0 bridgehead atoms. The Morgan fingerprint density at radius 3 is 3.21 bits per heavy atom. The molecule has 19 heavy (non-hydrogen) atoms. The molecule has 0 saturated heterocycles. The number of amides is 2. The van der Waals surface area contributed by atoms with E-state index in [1.165, 1.54) is 11.3 Å². The molecular weight excluding hydrogens is 266 g/mol. The Balaban J connectivity index is 2.17. The highest BCUT2D eigenvalue weighted by Gasteiger charge is 2.31. The molecule has 0 radical (unpaired) electrons. The summed E-state index contributed by atoms with van der Waals surface area (Å²) in [5, 5.41) is 12.8. The number of nitrogens with one attached hydrogen (secondary N) is 3. The summed E-state index contributed by atoms with van der Waals surface area (Å²) < 4.78 is 0. The molecule has 1 aliphatic heterocycles. The van der Waals surface area contributed by atoms with Gasteiger partial charge in [-0.25, -0.2) is 4.98 Å². The van der Waals surface area contributed by atoms with Crippen molar-refractivity contribution in [3.05, 3.63) is 16.1 Å². The Kier molecular flexibility index (Phi) is 4.23. The van der Waals surface area contributed by atoms with Crippen molar-refractivity contribution in [2.75, 3.05) is 20.1 Å². The molecule has 1 atom stereocenters. The molecule has 3 N–H and O–H groups in total. The number of amidine groups is 1. The molecule has 0 aromatic carbocycles. The van der Waals surface area contributed by atoms with Crippen LogP contribution in [0.25, 0.3) is 0 Å². The van der Waals surface area contributed by atoms with E-state index < -0.39 is 6.04 Å². The minimum absolute atomic E-state index is 0.0106. The second-order valence-electron chi connectivity index (χ2n) is 4.14. The van der Waals surface area contributed by atoms with Gasteiger partial charge < -0.3 is 15.5 Å². The van der Waals surface area contributed by atoms with Crippen molar-refractivity contribution in [1.29, 1.82) is 5.41 Å². The molecule has 102 valence electrons. The van der Waals surface area contributed by atoms with E-state index in [-0.39, 0.29) is 18.3 Å². The third kappa shape index (κ3) is 2.79. The summed E-state index contributed by atoms with van der Waals surface area (Å²) >= 11 is 1.46.